The molecule has 0 unspecified atom stereocenters. The van der Waals surface area contributed by atoms with Crippen molar-refractivity contribution in [3.63, 3.8) is 0 Å². The molecule has 114 valence electrons. The second kappa shape index (κ2) is 6.53. The molecule has 0 aliphatic heterocycles. The smallest absolute Gasteiger partial charge is 0.0912 e. The maximum absolute atomic E-state index is 10.6. The van der Waals surface area contributed by atoms with E-state index in [1.54, 1.807) is 0 Å². The summed E-state index contributed by atoms with van der Waals surface area (Å²) in [6, 6.07) is 17.8. The van der Waals surface area contributed by atoms with E-state index in [4.69, 9.17) is 11.6 Å². The second-order valence-electron chi connectivity index (χ2n) is 5.41. The maximum Gasteiger partial charge on any atom is 0.0912 e. The monoisotopic (exact) mass is 314 g/mol. The van der Waals surface area contributed by atoms with E-state index in [0.29, 0.717) is 6.54 Å². The van der Waals surface area contributed by atoms with Crippen LogP contribution in [-0.2, 0) is 0 Å². The Morgan fingerprint density at radius 3 is 2.64 bits per heavy atom. The van der Waals surface area contributed by atoms with Crippen LogP contribution in [0, 0.1) is 0 Å². The fourth-order valence-electron chi connectivity index (χ4n) is 2.92. The number of aromatic nitrogens is 1. The predicted octanol–water partition coefficient (Wildman–Crippen LogP) is 3.46. The number of hydrogen-bond acceptors (Lipinski definition) is 2. The summed E-state index contributed by atoms with van der Waals surface area (Å²) in [6.07, 6.45) is 1.48. The van der Waals surface area contributed by atoms with E-state index in [-0.39, 0.29) is 6.04 Å². The molecule has 22 heavy (non-hydrogen) atoms. The highest BCUT2D eigenvalue weighted by atomic mass is 35.5. The topological polar surface area (TPSA) is 37.2 Å². The van der Waals surface area contributed by atoms with Gasteiger partial charge in [0.25, 0.3) is 0 Å². The molecular formula is C18H19ClN2O. The Bertz CT molecular complexity index is 754. The second-order valence-corrected chi connectivity index (χ2v) is 5.84. The Labute approximate surface area is 135 Å². The van der Waals surface area contributed by atoms with Crippen molar-refractivity contribution < 1.29 is 5.11 Å². The Hall–Kier alpha value is -1.81. The zero-order valence-corrected chi connectivity index (χ0v) is 13.2. The number of halogens is 1. The lowest BCUT2D eigenvalue weighted by molar-refractivity contribution is 0.132. The number of hydrogen-bond donors (Lipinski definition) is 2. The van der Waals surface area contributed by atoms with Gasteiger partial charge in [0.1, 0.15) is 0 Å². The number of nitrogens with one attached hydrogen (secondary N) is 1. The SMILES string of the molecule is CNC[C@H](O)[C@@H](c1ccccc1)n1ccc2cc(Cl)ccc21. The Kier molecular flexibility index (Phi) is 4.48. The first-order valence-corrected chi connectivity index (χ1v) is 7.72. The molecule has 1 aromatic heterocycles. The molecule has 3 aromatic rings. The zero-order chi connectivity index (χ0) is 15.5. The van der Waals surface area contributed by atoms with E-state index in [9.17, 15) is 5.11 Å². The van der Waals surface area contributed by atoms with Crippen molar-refractivity contribution in [1.29, 1.82) is 0 Å². The normalized spacial score (nSPS) is 14.1. The average molecular weight is 315 g/mol. The van der Waals surface area contributed by atoms with Crippen molar-refractivity contribution in [2.75, 3.05) is 13.6 Å². The fraction of sp³-hybridized carbons (Fsp3) is 0.222. The first-order valence-electron chi connectivity index (χ1n) is 7.34. The number of nitrogens with zero attached hydrogens (tertiary/aromatic N) is 1. The van der Waals surface area contributed by atoms with Gasteiger partial charge >= 0.3 is 0 Å². The van der Waals surface area contributed by atoms with Crippen LogP contribution in [0.3, 0.4) is 0 Å². The van der Waals surface area contributed by atoms with Gasteiger partial charge in [-0.3, -0.25) is 0 Å². The Balaban J connectivity index is 2.11. The van der Waals surface area contributed by atoms with Crippen molar-refractivity contribution in [3.05, 3.63) is 71.4 Å². The predicted molar refractivity (Wildman–Crippen MR) is 91.5 cm³/mol. The minimum atomic E-state index is -0.529. The molecule has 0 aliphatic rings. The average Bonchev–Trinajstić information content (AvgIpc) is 2.92. The van der Waals surface area contributed by atoms with E-state index >= 15 is 0 Å². The molecular weight excluding hydrogens is 296 g/mol. The molecule has 0 saturated carbocycles. The van der Waals surface area contributed by atoms with Crippen molar-refractivity contribution in [2.24, 2.45) is 0 Å². The summed E-state index contributed by atoms with van der Waals surface area (Å²) in [5.74, 6) is 0. The van der Waals surface area contributed by atoms with Crippen LogP contribution < -0.4 is 5.32 Å². The van der Waals surface area contributed by atoms with Gasteiger partial charge in [0.2, 0.25) is 0 Å². The van der Waals surface area contributed by atoms with Gasteiger partial charge in [-0.25, -0.2) is 0 Å². The van der Waals surface area contributed by atoms with Gasteiger partial charge < -0.3 is 15.0 Å². The maximum atomic E-state index is 10.6. The summed E-state index contributed by atoms with van der Waals surface area (Å²) in [5, 5.41) is 15.5. The van der Waals surface area contributed by atoms with Gasteiger partial charge in [0.15, 0.2) is 0 Å². The molecule has 4 heteroatoms. The van der Waals surface area contributed by atoms with Gasteiger partial charge in [-0.15, -0.1) is 0 Å². The highest BCUT2D eigenvalue weighted by Gasteiger charge is 2.23. The molecule has 0 bridgehead atoms. The van der Waals surface area contributed by atoms with E-state index in [0.717, 1.165) is 21.5 Å². The zero-order valence-electron chi connectivity index (χ0n) is 12.4. The summed E-state index contributed by atoms with van der Waals surface area (Å²) in [7, 11) is 1.85. The highest BCUT2D eigenvalue weighted by Crippen LogP contribution is 2.29. The molecule has 0 radical (unpaired) electrons. The van der Waals surface area contributed by atoms with Crippen LogP contribution in [-0.4, -0.2) is 29.4 Å². The van der Waals surface area contributed by atoms with E-state index in [1.807, 2.05) is 67.8 Å². The standard InChI is InChI=1S/C18H19ClN2O/c1-20-12-17(22)18(13-5-3-2-4-6-13)21-10-9-14-11-15(19)7-8-16(14)21/h2-11,17-18,20,22H,12H2,1H3/t17-,18+/m0/s1. The summed E-state index contributed by atoms with van der Waals surface area (Å²) in [5.41, 5.74) is 2.14. The summed E-state index contributed by atoms with van der Waals surface area (Å²) in [6.45, 7) is 0.521. The molecule has 0 fully saturated rings. The van der Waals surface area contributed by atoms with Crippen LogP contribution >= 0.6 is 11.6 Å². The van der Waals surface area contributed by atoms with Gasteiger partial charge in [0, 0.05) is 28.7 Å². The number of aliphatic hydroxyl groups is 1. The Morgan fingerprint density at radius 2 is 1.91 bits per heavy atom. The molecule has 3 nitrogen and oxygen atoms in total. The Morgan fingerprint density at radius 1 is 1.14 bits per heavy atom. The third kappa shape index (κ3) is 2.88. The molecule has 0 aliphatic carbocycles. The molecule has 2 aromatic carbocycles. The van der Waals surface area contributed by atoms with Gasteiger partial charge in [-0.1, -0.05) is 41.9 Å². The number of rotatable bonds is 5. The molecule has 0 amide bonds. The van der Waals surface area contributed by atoms with Crippen LogP contribution in [0.25, 0.3) is 10.9 Å². The van der Waals surface area contributed by atoms with Crippen LogP contribution in [0.4, 0.5) is 0 Å². The lowest BCUT2D eigenvalue weighted by Crippen LogP contribution is -2.33. The van der Waals surface area contributed by atoms with Crippen LogP contribution in [0.1, 0.15) is 11.6 Å². The van der Waals surface area contributed by atoms with Crippen molar-refractivity contribution >= 4 is 22.5 Å². The first kappa shape index (κ1) is 15.1. The quantitative estimate of drug-likeness (QED) is 0.756. The summed E-state index contributed by atoms with van der Waals surface area (Å²) < 4.78 is 2.11. The molecule has 0 spiro atoms. The van der Waals surface area contributed by atoms with Crippen LogP contribution in [0.5, 0.6) is 0 Å². The summed E-state index contributed by atoms with van der Waals surface area (Å²) in [4.78, 5) is 0. The van der Waals surface area contributed by atoms with Gasteiger partial charge in [0.05, 0.1) is 12.1 Å². The lowest BCUT2D eigenvalue weighted by atomic mass is 10.0. The minimum absolute atomic E-state index is 0.146. The molecule has 1 heterocycles. The third-order valence-corrected chi connectivity index (χ3v) is 4.14. The number of benzene rings is 2. The lowest BCUT2D eigenvalue weighted by Gasteiger charge is -2.26. The number of likely N-dealkylation sites (N-methyl/N-ethyl adjacent to an activating group) is 1. The summed E-state index contributed by atoms with van der Waals surface area (Å²) >= 11 is 6.07. The van der Waals surface area contributed by atoms with Crippen molar-refractivity contribution in [2.45, 2.75) is 12.1 Å². The largest absolute Gasteiger partial charge is 0.389 e. The van der Waals surface area contributed by atoms with Gasteiger partial charge in [-0.2, -0.15) is 0 Å². The van der Waals surface area contributed by atoms with Crippen LogP contribution in [0.15, 0.2) is 60.8 Å². The van der Waals surface area contributed by atoms with Crippen LogP contribution in [0.2, 0.25) is 5.02 Å². The molecule has 0 saturated heterocycles. The van der Waals surface area contributed by atoms with E-state index < -0.39 is 6.10 Å². The number of fused-ring (bicyclic) bond motifs is 1. The van der Waals surface area contributed by atoms with E-state index in [2.05, 4.69) is 9.88 Å². The fourth-order valence-corrected chi connectivity index (χ4v) is 3.10. The van der Waals surface area contributed by atoms with Crippen molar-refractivity contribution in [3.8, 4) is 0 Å². The molecule has 2 N–H and O–H groups in total. The first-order chi connectivity index (χ1) is 10.7. The van der Waals surface area contributed by atoms with Crippen molar-refractivity contribution in [1.82, 2.24) is 9.88 Å². The van der Waals surface area contributed by atoms with Gasteiger partial charge in [-0.05, 0) is 36.9 Å². The third-order valence-electron chi connectivity index (χ3n) is 3.90. The molecule has 3 rings (SSSR count). The minimum Gasteiger partial charge on any atom is -0.389 e. The molecule has 2 atom stereocenters. The number of aliphatic hydroxyl groups excluding tert-OH is 1. The van der Waals surface area contributed by atoms with E-state index in [1.165, 1.54) is 0 Å². The highest BCUT2D eigenvalue weighted by molar-refractivity contribution is 6.31.